The summed E-state index contributed by atoms with van der Waals surface area (Å²) in [6.45, 7) is 19.7. The van der Waals surface area contributed by atoms with Crippen LogP contribution in [0, 0.1) is 12.8 Å². The number of carbonyl (C=O) groups excluding carboxylic acids is 4. The van der Waals surface area contributed by atoms with Crippen LogP contribution in [0.4, 0.5) is 10.5 Å². The Kier molecular flexibility index (Phi) is 13.4. The molecule has 10 nitrogen and oxygen atoms in total. The van der Waals surface area contributed by atoms with Crippen LogP contribution in [-0.4, -0.2) is 78.2 Å². The van der Waals surface area contributed by atoms with Gasteiger partial charge in [-0.3, -0.25) is 14.4 Å². The summed E-state index contributed by atoms with van der Waals surface area (Å²) in [6, 6.07) is 21.9. The smallest absolute Gasteiger partial charge is 0.410 e. The van der Waals surface area contributed by atoms with Crippen molar-refractivity contribution in [2.24, 2.45) is 5.92 Å². The van der Waals surface area contributed by atoms with Crippen LogP contribution in [0.15, 0.2) is 66.7 Å². The number of benzene rings is 3. The fourth-order valence-electron chi connectivity index (χ4n) is 7.65. The highest BCUT2D eigenvalue weighted by molar-refractivity contribution is 5.95. The Hall–Kier alpha value is -4.70. The molecule has 2 N–H and O–H groups in total. The van der Waals surface area contributed by atoms with E-state index >= 15 is 0 Å². The van der Waals surface area contributed by atoms with E-state index in [9.17, 15) is 19.2 Å². The Bertz CT molecular complexity index is 1870. The van der Waals surface area contributed by atoms with Crippen molar-refractivity contribution < 1.29 is 28.7 Å². The molecule has 0 aromatic heterocycles. The van der Waals surface area contributed by atoms with Crippen molar-refractivity contribution in [2.45, 2.75) is 117 Å². The minimum absolute atomic E-state index is 0.0483. The van der Waals surface area contributed by atoms with E-state index in [0.717, 1.165) is 47.3 Å². The van der Waals surface area contributed by atoms with E-state index < -0.39 is 16.7 Å². The Labute approximate surface area is 333 Å². The predicted molar refractivity (Wildman–Crippen MR) is 222 cm³/mol. The molecular weight excluding hydrogens is 705 g/mol. The normalized spacial score (nSPS) is 15.8. The minimum atomic E-state index is -0.649. The molecule has 4 amide bonds. The molecule has 0 saturated carbocycles. The van der Waals surface area contributed by atoms with Crippen molar-refractivity contribution in [2.75, 3.05) is 37.7 Å². The van der Waals surface area contributed by atoms with E-state index in [0.29, 0.717) is 51.1 Å². The number of hydrogen-bond donors (Lipinski definition) is 2. The van der Waals surface area contributed by atoms with Crippen LogP contribution in [0.5, 0.6) is 0 Å². The summed E-state index contributed by atoms with van der Waals surface area (Å²) in [5.74, 6) is -0.427. The average Bonchev–Trinajstić information content (AvgIpc) is 3.13. The average molecular weight is 767 g/mol. The first-order valence-corrected chi connectivity index (χ1v) is 20.1. The maximum atomic E-state index is 14.0. The third-order valence-corrected chi connectivity index (χ3v) is 10.8. The van der Waals surface area contributed by atoms with E-state index in [1.54, 1.807) is 11.8 Å². The van der Waals surface area contributed by atoms with Gasteiger partial charge in [-0.25, -0.2) is 4.79 Å². The SMILES string of the molecule is CC(=O)N1CCCc2cc(-c3ccc(C(=O)NC(C)(C)CCOC(C)(C)CNC(=O)C(c4cccc(C)c4)C4CCN(C(=O)OC(C)(C)C)CC4)cc3)ccc21. The van der Waals surface area contributed by atoms with Gasteiger partial charge in [0.25, 0.3) is 5.91 Å². The van der Waals surface area contributed by atoms with Gasteiger partial charge in [0.1, 0.15) is 5.60 Å². The summed E-state index contributed by atoms with van der Waals surface area (Å²) in [4.78, 5) is 55.6. The van der Waals surface area contributed by atoms with Crippen LogP contribution in [0.1, 0.15) is 114 Å². The number of nitrogens with zero attached hydrogens (tertiary/aromatic N) is 2. The fraction of sp³-hybridized carbons (Fsp3) is 0.522. The summed E-state index contributed by atoms with van der Waals surface area (Å²) in [5, 5.41) is 6.35. The van der Waals surface area contributed by atoms with E-state index in [1.165, 1.54) is 5.56 Å². The van der Waals surface area contributed by atoms with Crippen molar-refractivity contribution >= 4 is 29.5 Å². The number of ether oxygens (including phenoxy) is 2. The van der Waals surface area contributed by atoms with Gasteiger partial charge in [-0.2, -0.15) is 0 Å². The second kappa shape index (κ2) is 17.6. The monoisotopic (exact) mass is 766 g/mol. The molecule has 3 aromatic carbocycles. The molecule has 10 heteroatoms. The molecule has 2 aliphatic heterocycles. The third kappa shape index (κ3) is 11.4. The maximum Gasteiger partial charge on any atom is 0.410 e. The van der Waals surface area contributed by atoms with Gasteiger partial charge in [0, 0.05) is 56.5 Å². The quantitative estimate of drug-likeness (QED) is 0.192. The molecular formula is C46H62N4O6. The zero-order chi connectivity index (χ0) is 40.8. The highest BCUT2D eigenvalue weighted by Gasteiger charge is 2.36. The van der Waals surface area contributed by atoms with E-state index in [1.807, 2.05) is 115 Å². The topological polar surface area (TPSA) is 117 Å². The number of piperidine rings is 1. The van der Waals surface area contributed by atoms with Gasteiger partial charge in [-0.15, -0.1) is 0 Å². The summed E-state index contributed by atoms with van der Waals surface area (Å²) in [6.07, 6.45) is 3.54. The zero-order valence-electron chi connectivity index (χ0n) is 34.9. The molecule has 1 unspecified atom stereocenters. The first-order valence-electron chi connectivity index (χ1n) is 20.1. The van der Waals surface area contributed by atoms with Crippen LogP contribution in [0.3, 0.4) is 0 Å². The van der Waals surface area contributed by atoms with Crippen LogP contribution in [-0.2, 0) is 25.5 Å². The molecule has 3 aromatic rings. The minimum Gasteiger partial charge on any atom is -0.444 e. The van der Waals surface area contributed by atoms with Crippen LogP contribution in [0.2, 0.25) is 0 Å². The lowest BCUT2D eigenvalue weighted by atomic mass is 9.79. The first kappa shape index (κ1) is 42.4. The van der Waals surface area contributed by atoms with Gasteiger partial charge in [-0.05, 0) is 140 Å². The van der Waals surface area contributed by atoms with Crippen molar-refractivity contribution in [3.05, 3.63) is 89.0 Å². The summed E-state index contributed by atoms with van der Waals surface area (Å²) < 4.78 is 11.9. The number of carbonyl (C=O) groups is 4. The van der Waals surface area contributed by atoms with Crippen LogP contribution >= 0.6 is 0 Å². The number of fused-ring (bicyclic) bond motifs is 1. The number of hydrogen-bond acceptors (Lipinski definition) is 6. The van der Waals surface area contributed by atoms with E-state index in [2.05, 4.69) is 22.8 Å². The summed E-state index contributed by atoms with van der Waals surface area (Å²) in [5.41, 5.74) is 5.12. The van der Waals surface area contributed by atoms with Crippen LogP contribution in [0.25, 0.3) is 11.1 Å². The second-order valence-electron chi connectivity index (χ2n) is 17.8. The number of nitrogens with one attached hydrogen (secondary N) is 2. The highest BCUT2D eigenvalue weighted by Crippen LogP contribution is 2.35. The van der Waals surface area contributed by atoms with E-state index in [-0.39, 0.29) is 35.7 Å². The molecule has 1 fully saturated rings. The van der Waals surface area contributed by atoms with Gasteiger partial charge >= 0.3 is 6.09 Å². The van der Waals surface area contributed by atoms with Gasteiger partial charge < -0.3 is 29.9 Å². The first-order chi connectivity index (χ1) is 26.3. The Morgan fingerprint density at radius 1 is 0.857 bits per heavy atom. The van der Waals surface area contributed by atoms with Crippen LogP contribution < -0.4 is 15.5 Å². The van der Waals surface area contributed by atoms with Gasteiger partial charge in [0.2, 0.25) is 11.8 Å². The van der Waals surface area contributed by atoms with E-state index in [4.69, 9.17) is 9.47 Å². The van der Waals surface area contributed by atoms with Gasteiger partial charge in [0.05, 0.1) is 11.5 Å². The molecule has 5 rings (SSSR count). The lowest BCUT2D eigenvalue weighted by Crippen LogP contribution is -2.47. The Morgan fingerprint density at radius 3 is 2.18 bits per heavy atom. The number of likely N-dealkylation sites (tertiary alicyclic amines) is 1. The van der Waals surface area contributed by atoms with Gasteiger partial charge in [-0.1, -0.05) is 48.0 Å². The molecule has 1 saturated heterocycles. The lowest BCUT2D eigenvalue weighted by molar-refractivity contribution is -0.126. The second-order valence-corrected chi connectivity index (χ2v) is 17.8. The van der Waals surface area contributed by atoms with Crippen molar-refractivity contribution in [3.8, 4) is 11.1 Å². The fourth-order valence-corrected chi connectivity index (χ4v) is 7.65. The largest absolute Gasteiger partial charge is 0.444 e. The Morgan fingerprint density at radius 2 is 1.54 bits per heavy atom. The number of amides is 4. The summed E-state index contributed by atoms with van der Waals surface area (Å²) in [7, 11) is 0. The molecule has 1 atom stereocenters. The van der Waals surface area contributed by atoms with Gasteiger partial charge in [0.15, 0.2) is 0 Å². The highest BCUT2D eigenvalue weighted by atomic mass is 16.6. The van der Waals surface area contributed by atoms with Crippen molar-refractivity contribution in [3.63, 3.8) is 0 Å². The predicted octanol–water partition coefficient (Wildman–Crippen LogP) is 8.20. The molecule has 0 spiro atoms. The third-order valence-electron chi connectivity index (χ3n) is 10.8. The standard InChI is InChI=1S/C46H62N4O6/c1-31-12-10-13-38(28-31)40(34-21-25-49(26-22-34)43(54)56-44(3,4)5)42(53)47-30-46(8,9)55-27-23-45(6,7)48-41(52)35-17-15-33(16-18-35)36-19-20-39-37(29-36)14-11-24-50(39)32(2)51/h10,12-13,15-20,28-29,34,40H,11,14,21-27,30H2,1-9H3,(H,47,53)(H,48,52). The molecule has 0 bridgehead atoms. The molecule has 0 radical (unpaired) electrons. The number of aryl methyl sites for hydroxylation is 2. The summed E-state index contributed by atoms with van der Waals surface area (Å²) >= 11 is 0. The zero-order valence-corrected chi connectivity index (χ0v) is 34.9. The number of rotatable bonds is 12. The van der Waals surface area contributed by atoms with Crippen molar-refractivity contribution in [1.29, 1.82) is 0 Å². The lowest BCUT2D eigenvalue weighted by Gasteiger charge is -2.37. The molecule has 302 valence electrons. The maximum absolute atomic E-state index is 14.0. The molecule has 2 heterocycles. The molecule has 2 aliphatic rings. The number of anilines is 1. The molecule has 0 aliphatic carbocycles. The molecule has 56 heavy (non-hydrogen) atoms. The Balaban J connectivity index is 1.12. The van der Waals surface area contributed by atoms with Crippen molar-refractivity contribution in [1.82, 2.24) is 15.5 Å².